The second-order valence-corrected chi connectivity index (χ2v) is 10.5. The molecule has 0 unspecified atom stereocenters. The fourth-order valence-corrected chi connectivity index (χ4v) is 5.39. The standard InChI is InChI=1S/C22H16F3N3O7S2/c1-35-16-6-5-13(24)18(25)11(16)8-27(37(2,33)34)10-3-4-12(23)15(7-10)28-20(29)17-14(26-22(28)32)9-36-19(17)21(30)31/h3-7,9H,8H2,1-2H3,(H,26,32)(H,30,31). The minimum atomic E-state index is -4.23. The number of rotatable bonds is 7. The van der Waals surface area contributed by atoms with Crippen LogP contribution in [0.2, 0.25) is 0 Å². The molecule has 0 atom stereocenters. The highest BCUT2D eigenvalue weighted by atomic mass is 32.2. The van der Waals surface area contributed by atoms with Gasteiger partial charge in [-0.15, -0.1) is 11.3 Å². The highest BCUT2D eigenvalue weighted by Crippen LogP contribution is 2.30. The summed E-state index contributed by atoms with van der Waals surface area (Å²) in [7, 11) is -3.06. The number of methoxy groups -OCH3 is 1. The number of aromatic amines is 1. The molecule has 194 valence electrons. The van der Waals surface area contributed by atoms with Gasteiger partial charge in [-0.3, -0.25) is 9.10 Å². The maximum atomic E-state index is 14.9. The second kappa shape index (κ2) is 9.40. The molecular formula is C22H16F3N3O7S2. The Labute approximate surface area is 209 Å². The molecule has 0 saturated carbocycles. The molecule has 2 N–H and O–H groups in total. The molecule has 4 aromatic rings. The number of halogens is 3. The van der Waals surface area contributed by atoms with Crippen molar-refractivity contribution in [3.63, 3.8) is 0 Å². The van der Waals surface area contributed by atoms with Gasteiger partial charge in [0, 0.05) is 5.38 Å². The van der Waals surface area contributed by atoms with E-state index in [1.807, 2.05) is 0 Å². The predicted molar refractivity (Wildman–Crippen MR) is 129 cm³/mol. The van der Waals surface area contributed by atoms with E-state index in [4.69, 9.17) is 4.74 Å². The Bertz CT molecular complexity index is 1800. The van der Waals surface area contributed by atoms with Gasteiger partial charge in [-0.1, -0.05) is 0 Å². The first-order valence-electron chi connectivity index (χ1n) is 10.1. The third-order valence-electron chi connectivity index (χ3n) is 5.38. The summed E-state index contributed by atoms with van der Waals surface area (Å²) in [5, 5.41) is 10.2. The Morgan fingerprint density at radius 2 is 1.84 bits per heavy atom. The van der Waals surface area contributed by atoms with Gasteiger partial charge < -0.3 is 14.8 Å². The number of anilines is 1. The van der Waals surface area contributed by atoms with Crippen molar-refractivity contribution in [3.05, 3.63) is 84.4 Å². The molecule has 15 heteroatoms. The largest absolute Gasteiger partial charge is 0.496 e. The number of thiophene rings is 1. The van der Waals surface area contributed by atoms with Crippen LogP contribution in [0.4, 0.5) is 18.9 Å². The van der Waals surface area contributed by atoms with E-state index >= 15 is 0 Å². The first kappa shape index (κ1) is 26.0. The predicted octanol–water partition coefficient (Wildman–Crippen LogP) is 2.83. The molecule has 2 aromatic carbocycles. The summed E-state index contributed by atoms with van der Waals surface area (Å²) in [5.74, 6) is -5.36. The second-order valence-electron chi connectivity index (χ2n) is 7.68. The zero-order valence-corrected chi connectivity index (χ0v) is 20.5. The van der Waals surface area contributed by atoms with Gasteiger partial charge in [0.2, 0.25) is 10.0 Å². The van der Waals surface area contributed by atoms with Crippen LogP contribution in [0.5, 0.6) is 5.75 Å². The zero-order chi connectivity index (χ0) is 27.2. The van der Waals surface area contributed by atoms with Crippen molar-refractivity contribution >= 4 is 43.9 Å². The number of hydrogen-bond acceptors (Lipinski definition) is 7. The number of aromatic carboxylic acids is 1. The summed E-state index contributed by atoms with van der Waals surface area (Å²) in [6.07, 6.45) is 0.759. The summed E-state index contributed by atoms with van der Waals surface area (Å²) in [6.45, 7) is -0.783. The molecule has 0 spiro atoms. The summed E-state index contributed by atoms with van der Waals surface area (Å²) in [5.41, 5.74) is -3.81. The number of carboxylic acids is 1. The van der Waals surface area contributed by atoms with E-state index in [1.165, 1.54) is 12.5 Å². The van der Waals surface area contributed by atoms with Crippen molar-refractivity contribution in [3.8, 4) is 11.4 Å². The number of hydrogen-bond donors (Lipinski definition) is 2. The maximum Gasteiger partial charge on any atom is 0.346 e. The molecule has 0 amide bonds. The van der Waals surface area contributed by atoms with E-state index in [9.17, 15) is 41.1 Å². The van der Waals surface area contributed by atoms with Crippen molar-refractivity contribution in [2.24, 2.45) is 0 Å². The number of sulfonamides is 1. The van der Waals surface area contributed by atoms with Gasteiger partial charge >= 0.3 is 11.7 Å². The summed E-state index contributed by atoms with van der Waals surface area (Å²) in [4.78, 5) is 39.2. The first-order valence-corrected chi connectivity index (χ1v) is 12.9. The normalized spacial score (nSPS) is 11.6. The molecule has 10 nitrogen and oxygen atoms in total. The van der Waals surface area contributed by atoms with Gasteiger partial charge in [-0.25, -0.2) is 35.7 Å². The van der Waals surface area contributed by atoms with Crippen molar-refractivity contribution in [2.75, 3.05) is 17.7 Å². The molecule has 0 aliphatic rings. The lowest BCUT2D eigenvalue weighted by Crippen LogP contribution is -2.35. The minimum Gasteiger partial charge on any atom is -0.496 e. The number of H-pyrrole nitrogens is 1. The number of benzene rings is 2. The van der Waals surface area contributed by atoms with Crippen molar-refractivity contribution in [2.45, 2.75) is 6.54 Å². The molecule has 0 saturated heterocycles. The molecular weight excluding hydrogens is 539 g/mol. The molecule has 37 heavy (non-hydrogen) atoms. The third-order valence-corrected chi connectivity index (χ3v) is 7.49. The Hall–Kier alpha value is -4.11. The zero-order valence-electron chi connectivity index (χ0n) is 18.9. The van der Waals surface area contributed by atoms with Crippen LogP contribution in [0.15, 0.2) is 45.3 Å². The Balaban J connectivity index is 1.94. The summed E-state index contributed by atoms with van der Waals surface area (Å²) in [6, 6.07) is 4.50. The van der Waals surface area contributed by atoms with Gasteiger partial charge in [0.05, 0.1) is 47.8 Å². The number of fused-ring (bicyclic) bond motifs is 1. The van der Waals surface area contributed by atoms with E-state index in [2.05, 4.69) is 4.98 Å². The van der Waals surface area contributed by atoms with Crippen LogP contribution < -0.4 is 20.3 Å². The van der Waals surface area contributed by atoms with Crippen molar-refractivity contribution < 1.29 is 36.2 Å². The highest BCUT2D eigenvalue weighted by molar-refractivity contribution is 7.92. The van der Waals surface area contributed by atoms with Gasteiger partial charge in [0.15, 0.2) is 11.6 Å². The van der Waals surface area contributed by atoms with E-state index in [1.54, 1.807) is 0 Å². The molecule has 4 rings (SSSR count). The van der Waals surface area contributed by atoms with Gasteiger partial charge in [0.1, 0.15) is 16.4 Å². The van der Waals surface area contributed by atoms with Crippen LogP contribution in [0.3, 0.4) is 0 Å². The fraction of sp³-hybridized carbons (Fsp3) is 0.136. The summed E-state index contributed by atoms with van der Waals surface area (Å²) < 4.78 is 74.6. The molecule has 0 aliphatic carbocycles. The third kappa shape index (κ3) is 4.58. The number of carbonyl (C=O) groups is 1. The van der Waals surface area contributed by atoms with Gasteiger partial charge in [-0.2, -0.15) is 0 Å². The molecule has 0 bridgehead atoms. The fourth-order valence-electron chi connectivity index (χ4n) is 3.70. The Morgan fingerprint density at radius 3 is 2.46 bits per heavy atom. The quantitative estimate of drug-likeness (QED) is 0.358. The lowest BCUT2D eigenvalue weighted by Gasteiger charge is -2.24. The van der Waals surface area contributed by atoms with E-state index in [0.29, 0.717) is 20.2 Å². The van der Waals surface area contributed by atoms with Crippen LogP contribution >= 0.6 is 11.3 Å². The lowest BCUT2D eigenvalue weighted by molar-refractivity contribution is 0.0704. The van der Waals surface area contributed by atoms with Crippen molar-refractivity contribution in [1.29, 1.82) is 0 Å². The molecule has 0 radical (unpaired) electrons. The number of aromatic nitrogens is 2. The summed E-state index contributed by atoms with van der Waals surface area (Å²) >= 11 is 0.678. The number of carboxylic acid groups (broad SMARTS) is 1. The topological polar surface area (TPSA) is 139 Å². The molecule has 2 heterocycles. The molecule has 0 aliphatic heterocycles. The van der Waals surface area contributed by atoms with Crippen LogP contribution in [-0.4, -0.2) is 42.4 Å². The van der Waals surface area contributed by atoms with Crippen LogP contribution in [0.25, 0.3) is 16.6 Å². The molecule has 0 fully saturated rings. The van der Waals surface area contributed by atoms with Crippen LogP contribution in [0, 0.1) is 17.5 Å². The van der Waals surface area contributed by atoms with Crippen LogP contribution in [-0.2, 0) is 16.6 Å². The average Bonchev–Trinajstić information content (AvgIpc) is 3.25. The monoisotopic (exact) mass is 555 g/mol. The highest BCUT2D eigenvalue weighted by Gasteiger charge is 2.26. The Kier molecular flexibility index (Phi) is 6.60. The number of nitrogens with one attached hydrogen (secondary N) is 1. The van der Waals surface area contributed by atoms with E-state index in [-0.39, 0.29) is 22.3 Å². The van der Waals surface area contributed by atoms with E-state index < -0.39 is 67.4 Å². The van der Waals surface area contributed by atoms with Gasteiger partial charge in [-0.05, 0) is 30.3 Å². The van der Waals surface area contributed by atoms with E-state index in [0.717, 1.165) is 36.6 Å². The van der Waals surface area contributed by atoms with Crippen molar-refractivity contribution in [1.82, 2.24) is 9.55 Å². The lowest BCUT2D eigenvalue weighted by atomic mass is 10.1. The SMILES string of the molecule is COc1ccc(F)c(F)c1CN(c1ccc(F)c(-n2c(=O)[nH]c3csc(C(=O)O)c3c2=O)c1)S(C)(=O)=O. The van der Waals surface area contributed by atoms with Crippen LogP contribution in [0.1, 0.15) is 15.2 Å². The average molecular weight is 556 g/mol. The minimum absolute atomic E-state index is 0.0725. The smallest absolute Gasteiger partial charge is 0.346 e. The van der Waals surface area contributed by atoms with Gasteiger partial charge in [0.25, 0.3) is 5.56 Å². The molecule has 2 aromatic heterocycles. The Morgan fingerprint density at radius 1 is 1.16 bits per heavy atom. The maximum absolute atomic E-state index is 14.9. The number of ether oxygens (including phenoxy) is 1. The first-order chi connectivity index (χ1) is 17.3. The number of nitrogens with zero attached hydrogens (tertiary/aromatic N) is 2.